The second-order valence-electron chi connectivity index (χ2n) is 7.50. The summed E-state index contributed by atoms with van der Waals surface area (Å²) in [4.78, 5) is 37.9. The summed E-state index contributed by atoms with van der Waals surface area (Å²) < 4.78 is 16.6. The van der Waals surface area contributed by atoms with Gasteiger partial charge in [-0.25, -0.2) is 4.79 Å². The van der Waals surface area contributed by atoms with Gasteiger partial charge in [0.2, 0.25) is 0 Å². The minimum atomic E-state index is -1.34. The van der Waals surface area contributed by atoms with Crippen LogP contribution in [0.3, 0.4) is 0 Å². The number of carbonyl (C=O) groups excluding carboxylic acids is 3. The van der Waals surface area contributed by atoms with E-state index in [9.17, 15) is 14.4 Å². The maximum Gasteiger partial charge on any atom is 0.332 e. The number of ketones is 1. The molecular formula is C20H25NO6. The van der Waals surface area contributed by atoms with E-state index in [2.05, 4.69) is 5.32 Å². The van der Waals surface area contributed by atoms with Crippen molar-refractivity contribution in [1.29, 1.82) is 0 Å². The average Bonchev–Trinajstić information content (AvgIpc) is 3.02. The third kappa shape index (κ3) is 3.89. The molecule has 1 aromatic rings. The first kappa shape index (κ1) is 19.5. The van der Waals surface area contributed by atoms with Crippen LogP contribution in [0.4, 0.5) is 0 Å². The van der Waals surface area contributed by atoms with Crippen molar-refractivity contribution in [2.75, 3.05) is 13.7 Å². The maximum atomic E-state index is 12.8. The van der Waals surface area contributed by atoms with E-state index >= 15 is 0 Å². The zero-order chi connectivity index (χ0) is 19.7. The number of esters is 1. The predicted octanol–water partition coefficient (Wildman–Crippen LogP) is 1.85. The SMILES string of the molecule is COC(=O)[C@]1(NC(=O)c2ccccc2)CCC(=O)C[C@H]1[C@H]1COC(C)(C)O1. The molecule has 2 aliphatic rings. The molecule has 0 aromatic heterocycles. The van der Waals surface area contributed by atoms with Gasteiger partial charge in [0.1, 0.15) is 11.3 Å². The van der Waals surface area contributed by atoms with Crippen molar-refractivity contribution in [3.63, 3.8) is 0 Å². The number of methoxy groups -OCH3 is 1. The second kappa shape index (κ2) is 7.40. The first-order valence-electron chi connectivity index (χ1n) is 9.07. The zero-order valence-electron chi connectivity index (χ0n) is 15.8. The zero-order valence-corrected chi connectivity index (χ0v) is 15.8. The number of hydrogen-bond acceptors (Lipinski definition) is 6. The Kier molecular flexibility index (Phi) is 5.35. The molecule has 1 aliphatic carbocycles. The number of benzene rings is 1. The van der Waals surface area contributed by atoms with Gasteiger partial charge in [0, 0.05) is 24.3 Å². The van der Waals surface area contributed by atoms with Gasteiger partial charge >= 0.3 is 5.97 Å². The highest BCUT2D eigenvalue weighted by molar-refractivity contribution is 5.99. The van der Waals surface area contributed by atoms with Crippen LogP contribution in [-0.4, -0.2) is 48.8 Å². The highest BCUT2D eigenvalue weighted by Crippen LogP contribution is 2.40. The molecule has 0 radical (unpaired) electrons. The number of ether oxygens (including phenoxy) is 3. The Balaban J connectivity index is 1.95. The number of rotatable bonds is 4. The van der Waals surface area contributed by atoms with Crippen molar-refractivity contribution >= 4 is 17.7 Å². The number of nitrogens with one attached hydrogen (secondary N) is 1. The summed E-state index contributed by atoms with van der Waals surface area (Å²) in [6, 6.07) is 8.64. The van der Waals surface area contributed by atoms with Crippen LogP contribution < -0.4 is 5.32 Å². The van der Waals surface area contributed by atoms with Crippen LogP contribution >= 0.6 is 0 Å². The van der Waals surface area contributed by atoms with Crippen LogP contribution in [0.1, 0.15) is 43.5 Å². The van der Waals surface area contributed by atoms with Crippen molar-refractivity contribution in [1.82, 2.24) is 5.32 Å². The van der Waals surface area contributed by atoms with E-state index in [1.165, 1.54) is 7.11 Å². The molecule has 1 aromatic carbocycles. The van der Waals surface area contributed by atoms with E-state index in [4.69, 9.17) is 14.2 Å². The lowest BCUT2D eigenvalue weighted by atomic mass is 9.69. The summed E-state index contributed by atoms with van der Waals surface area (Å²) in [5.74, 6) is -2.31. The Bertz CT molecular complexity index is 731. The molecule has 0 unspecified atom stereocenters. The summed E-state index contributed by atoms with van der Waals surface area (Å²) in [5.41, 5.74) is -0.912. The Morgan fingerprint density at radius 3 is 2.52 bits per heavy atom. The predicted molar refractivity (Wildman–Crippen MR) is 95.9 cm³/mol. The molecule has 1 saturated carbocycles. The van der Waals surface area contributed by atoms with Crippen molar-refractivity contribution in [2.45, 2.75) is 50.5 Å². The molecule has 27 heavy (non-hydrogen) atoms. The van der Waals surface area contributed by atoms with Gasteiger partial charge in [0.25, 0.3) is 5.91 Å². The molecule has 3 atom stereocenters. The van der Waals surface area contributed by atoms with Gasteiger partial charge in [-0.2, -0.15) is 0 Å². The number of Topliss-reactive ketones (excluding diaryl/α,β-unsaturated/α-hetero) is 1. The standard InChI is InChI=1S/C20H25NO6/c1-19(2)26-12-16(27-19)15-11-14(22)9-10-20(15,18(24)25-3)21-17(23)13-7-5-4-6-8-13/h4-8,15-16H,9-12H2,1-3H3,(H,21,23)/t15-,16+,20-/m0/s1. The normalized spacial score (nSPS) is 30.0. The largest absolute Gasteiger partial charge is 0.467 e. The summed E-state index contributed by atoms with van der Waals surface area (Å²) in [5, 5.41) is 2.87. The third-order valence-electron chi connectivity index (χ3n) is 5.28. The van der Waals surface area contributed by atoms with E-state index in [-0.39, 0.29) is 31.7 Å². The smallest absolute Gasteiger partial charge is 0.332 e. The Labute approximate surface area is 158 Å². The number of hydrogen-bond donors (Lipinski definition) is 1. The molecule has 1 amide bonds. The molecule has 1 saturated heterocycles. The van der Waals surface area contributed by atoms with Gasteiger partial charge in [0.15, 0.2) is 5.79 Å². The lowest BCUT2D eigenvalue weighted by Gasteiger charge is -2.43. The van der Waals surface area contributed by atoms with Gasteiger partial charge in [-0.05, 0) is 32.4 Å². The van der Waals surface area contributed by atoms with Crippen molar-refractivity contribution in [3.8, 4) is 0 Å². The van der Waals surface area contributed by atoms with Crippen LogP contribution in [-0.2, 0) is 23.8 Å². The van der Waals surface area contributed by atoms with Gasteiger partial charge in [-0.15, -0.1) is 0 Å². The fourth-order valence-corrected chi connectivity index (χ4v) is 3.91. The highest BCUT2D eigenvalue weighted by Gasteiger charge is 2.56. The summed E-state index contributed by atoms with van der Waals surface area (Å²) in [7, 11) is 1.28. The molecule has 3 rings (SSSR count). The fourth-order valence-electron chi connectivity index (χ4n) is 3.91. The van der Waals surface area contributed by atoms with Crippen molar-refractivity contribution in [2.24, 2.45) is 5.92 Å². The average molecular weight is 375 g/mol. The molecule has 1 heterocycles. The van der Waals surface area contributed by atoms with Gasteiger partial charge in [-0.3, -0.25) is 9.59 Å². The Hall–Kier alpha value is -2.25. The number of carbonyl (C=O) groups is 3. The van der Waals surface area contributed by atoms with Gasteiger partial charge in [-0.1, -0.05) is 18.2 Å². The monoisotopic (exact) mass is 375 g/mol. The highest BCUT2D eigenvalue weighted by atomic mass is 16.7. The van der Waals surface area contributed by atoms with Crippen LogP contribution in [0.25, 0.3) is 0 Å². The quantitative estimate of drug-likeness (QED) is 0.808. The van der Waals surface area contributed by atoms with Crippen LogP contribution in [0, 0.1) is 5.92 Å². The molecule has 1 aliphatic heterocycles. The molecule has 146 valence electrons. The minimum Gasteiger partial charge on any atom is -0.467 e. The molecular weight excluding hydrogens is 350 g/mol. The van der Waals surface area contributed by atoms with E-state index in [1.807, 2.05) is 0 Å². The topological polar surface area (TPSA) is 90.9 Å². The summed E-state index contributed by atoms with van der Waals surface area (Å²) in [6.45, 7) is 3.80. The fraction of sp³-hybridized carbons (Fsp3) is 0.550. The van der Waals surface area contributed by atoms with E-state index in [0.29, 0.717) is 5.56 Å². The third-order valence-corrected chi connectivity index (χ3v) is 5.28. The van der Waals surface area contributed by atoms with Crippen LogP contribution in [0.15, 0.2) is 30.3 Å². The minimum absolute atomic E-state index is 0.0294. The maximum absolute atomic E-state index is 12.8. The lowest BCUT2D eigenvalue weighted by Crippen LogP contribution is -2.65. The van der Waals surface area contributed by atoms with Crippen molar-refractivity contribution in [3.05, 3.63) is 35.9 Å². The molecule has 0 spiro atoms. The van der Waals surface area contributed by atoms with E-state index in [0.717, 1.165) is 0 Å². The molecule has 2 fully saturated rings. The lowest BCUT2D eigenvalue weighted by molar-refractivity contribution is -0.167. The van der Waals surface area contributed by atoms with E-state index < -0.39 is 35.2 Å². The first-order chi connectivity index (χ1) is 12.8. The van der Waals surface area contributed by atoms with Crippen LogP contribution in [0.2, 0.25) is 0 Å². The Morgan fingerprint density at radius 1 is 1.22 bits per heavy atom. The van der Waals surface area contributed by atoms with Gasteiger partial charge < -0.3 is 19.5 Å². The van der Waals surface area contributed by atoms with E-state index in [1.54, 1.807) is 44.2 Å². The molecule has 7 nitrogen and oxygen atoms in total. The van der Waals surface area contributed by atoms with Gasteiger partial charge in [0.05, 0.1) is 19.8 Å². The van der Waals surface area contributed by atoms with Crippen LogP contribution in [0.5, 0.6) is 0 Å². The molecule has 7 heteroatoms. The second-order valence-corrected chi connectivity index (χ2v) is 7.50. The summed E-state index contributed by atoms with van der Waals surface area (Å²) >= 11 is 0. The number of amides is 1. The summed E-state index contributed by atoms with van der Waals surface area (Å²) in [6.07, 6.45) is -0.0204. The molecule has 0 bridgehead atoms. The van der Waals surface area contributed by atoms with Crippen molar-refractivity contribution < 1.29 is 28.6 Å². The first-order valence-corrected chi connectivity index (χ1v) is 9.07. The molecule has 1 N–H and O–H groups in total. The Morgan fingerprint density at radius 2 is 1.93 bits per heavy atom.